The Labute approximate surface area is 140 Å². The van der Waals surface area contributed by atoms with Crippen molar-refractivity contribution in [1.82, 2.24) is 5.32 Å². The number of benzene rings is 2. The molecular weight excluding hydrogens is 314 g/mol. The van der Waals surface area contributed by atoms with Crippen molar-refractivity contribution >= 4 is 23.6 Å². The average molecular weight is 332 g/mol. The van der Waals surface area contributed by atoms with Crippen LogP contribution in [0.1, 0.15) is 11.1 Å². The lowest BCUT2D eigenvalue weighted by Gasteiger charge is -2.09. The third-order valence-electron chi connectivity index (χ3n) is 3.23. The molecule has 0 atom stereocenters. The van der Waals surface area contributed by atoms with E-state index in [4.69, 9.17) is 21.1 Å². The van der Waals surface area contributed by atoms with Crippen molar-refractivity contribution in [3.05, 3.63) is 64.7 Å². The van der Waals surface area contributed by atoms with Gasteiger partial charge in [-0.1, -0.05) is 35.9 Å². The van der Waals surface area contributed by atoms with Gasteiger partial charge >= 0.3 is 0 Å². The first-order valence-electron chi connectivity index (χ1n) is 7.05. The molecular formula is C18H18ClNO3. The van der Waals surface area contributed by atoms with Gasteiger partial charge in [0.1, 0.15) is 0 Å². The van der Waals surface area contributed by atoms with Crippen molar-refractivity contribution < 1.29 is 14.3 Å². The first-order chi connectivity index (χ1) is 11.1. The standard InChI is InChI=1S/C18H18ClNO3/c1-22-16-9-7-13(11-17(16)23-2)12-20-18(21)10-8-14-5-3-4-6-15(14)19/h3-11H,12H2,1-2H3,(H,20,21). The van der Waals surface area contributed by atoms with Crippen LogP contribution in [-0.2, 0) is 11.3 Å². The maximum Gasteiger partial charge on any atom is 0.244 e. The van der Waals surface area contributed by atoms with E-state index in [1.54, 1.807) is 32.4 Å². The van der Waals surface area contributed by atoms with E-state index in [9.17, 15) is 4.79 Å². The van der Waals surface area contributed by atoms with E-state index in [1.165, 1.54) is 6.08 Å². The van der Waals surface area contributed by atoms with Crippen molar-refractivity contribution in [3.8, 4) is 11.5 Å². The Morgan fingerprint density at radius 3 is 2.57 bits per heavy atom. The van der Waals surface area contributed by atoms with E-state index in [1.807, 2.05) is 30.3 Å². The fourth-order valence-electron chi connectivity index (χ4n) is 2.01. The van der Waals surface area contributed by atoms with Gasteiger partial charge in [0.25, 0.3) is 0 Å². The number of carbonyl (C=O) groups excluding carboxylic acids is 1. The zero-order valence-electron chi connectivity index (χ0n) is 13.0. The van der Waals surface area contributed by atoms with Crippen LogP contribution in [0.3, 0.4) is 0 Å². The Morgan fingerprint density at radius 1 is 1.13 bits per heavy atom. The number of hydrogen-bond acceptors (Lipinski definition) is 3. The van der Waals surface area contributed by atoms with Gasteiger partial charge in [-0.25, -0.2) is 0 Å². The van der Waals surface area contributed by atoms with E-state index in [0.717, 1.165) is 11.1 Å². The van der Waals surface area contributed by atoms with Gasteiger partial charge in [0.05, 0.1) is 14.2 Å². The second-order valence-electron chi connectivity index (χ2n) is 4.76. The van der Waals surface area contributed by atoms with Crippen LogP contribution in [0, 0.1) is 0 Å². The Balaban J connectivity index is 1.95. The summed E-state index contributed by atoms with van der Waals surface area (Å²) >= 11 is 6.03. The predicted molar refractivity (Wildman–Crippen MR) is 91.9 cm³/mol. The minimum atomic E-state index is -0.195. The molecule has 23 heavy (non-hydrogen) atoms. The fraction of sp³-hybridized carbons (Fsp3) is 0.167. The van der Waals surface area contributed by atoms with E-state index < -0.39 is 0 Å². The Hall–Kier alpha value is -2.46. The van der Waals surface area contributed by atoms with E-state index in [2.05, 4.69) is 5.32 Å². The van der Waals surface area contributed by atoms with Crippen LogP contribution >= 0.6 is 11.6 Å². The summed E-state index contributed by atoms with van der Waals surface area (Å²) in [5, 5.41) is 3.42. The summed E-state index contributed by atoms with van der Waals surface area (Å²) < 4.78 is 10.4. The van der Waals surface area contributed by atoms with Gasteiger partial charge < -0.3 is 14.8 Å². The lowest BCUT2D eigenvalue weighted by Crippen LogP contribution is -2.20. The molecule has 4 nitrogen and oxygen atoms in total. The number of halogens is 1. The molecule has 1 N–H and O–H groups in total. The molecule has 5 heteroatoms. The Morgan fingerprint density at radius 2 is 1.87 bits per heavy atom. The molecule has 0 aliphatic heterocycles. The molecule has 0 unspecified atom stereocenters. The zero-order valence-corrected chi connectivity index (χ0v) is 13.8. The van der Waals surface area contributed by atoms with Crippen LogP contribution in [-0.4, -0.2) is 20.1 Å². The van der Waals surface area contributed by atoms with Gasteiger partial charge in [0.15, 0.2) is 11.5 Å². The lowest BCUT2D eigenvalue weighted by molar-refractivity contribution is -0.116. The van der Waals surface area contributed by atoms with E-state index >= 15 is 0 Å². The third kappa shape index (κ3) is 4.76. The second kappa shape index (κ2) is 8.25. The molecule has 0 aliphatic carbocycles. The van der Waals surface area contributed by atoms with Crippen LogP contribution < -0.4 is 14.8 Å². The van der Waals surface area contributed by atoms with Crippen molar-refractivity contribution in [2.45, 2.75) is 6.54 Å². The molecule has 1 amide bonds. The highest BCUT2D eigenvalue weighted by molar-refractivity contribution is 6.32. The monoisotopic (exact) mass is 331 g/mol. The summed E-state index contributed by atoms with van der Waals surface area (Å²) in [7, 11) is 3.16. The maximum absolute atomic E-state index is 11.9. The van der Waals surface area contributed by atoms with Crippen molar-refractivity contribution in [2.24, 2.45) is 0 Å². The predicted octanol–water partition coefficient (Wildman–Crippen LogP) is 3.69. The summed E-state index contributed by atoms with van der Waals surface area (Å²) in [5.41, 5.74) is 1.72. The van der Waals surface area contributed by atoms with Crippen LogP contribution in [0.5, 0.6) is 11.5 Å². The molecule has 0 spiro atoms. The van der Waals surface area contributed by atoms with Crippen LogP contribution in [0.2, 0.25) is 5.02 Å². The largest absolute Gasteiger partial charge is 0.493 e. The Bertz CT molecular complexity index is 713. The molecule has 2 aromatic carbocycles. The highest BCUT2D eigenvalue weighted by atomic mass is 35.5. The molecule has 2 rings (SSSR count). The van der Waals surface area contributed by atoms with Gasteiger partial charge in [-0.15, -0.1) is 0 Å². The number of amides is 1. The van der Waals surface area contributed by atoms with E-state index in [-0.39, 0.29) is 5.91 Å². The van der Waals surface area contributed by atoms with Crippen molar-refractivity contribution in [2.75, 3.05) is 14.2 Å². The molecule has 0 fully saturated rings. The highest BCUT2D eigenvalue weighted by Crippen LogP contribution is 2.27. The number of methoxy groups -OCH3 is 2. The third-order valence-corrected chi connectivity index (χ3v) is 3.58. The number of hydrogen-bond donors (Lipinski definition) is 1. The number of ether oxygens (including phenoxy) is 2. The van der Waals surface area contributed by atoms with Gasteiger partial charge in [-0.2, -0.15) is 0 Å². The van der Waals surface area contributed by atoms with Crippen LogP contribution in [0.15, 0.2) is 48.5 Å². The maximum atomic E-state index is 11.9. The average Bonchev–Trinajstić information content (AvgIpc) is 2.58. The SMILES string of the molecule is COc1ccc(CNC(=O)C=Cc2ccccc2Cl)cc1OC. The van der Waals surface area contributed by atoms with Gasteiger partial charge in [-0.05, 0) is 35.4 Å². The normalized spacial score (nSPS) is 10.6. The first kappa shape index (κ1) is 16.9. The zero-order chi connectivity index (χ0) is 16.7. The minimum absolute atomic E-state index is 0.195. The number of rotatable bonds is 6. The van der Waals surface area contributed by atoms with Gasteiger partial charge in [0, 0.05) is 17.6 Å². The molecule has 0 aromatic heterocycles. The molecule has 2 aromatic rings. The topological polar surface area (TPSA) is 47.6 Å². The smallest absolute Gasteiger partial charge is 0.244 e. The lowest BCUT2D eigenvalue weighted by atomic mass is 10.2. The van der Waals surface area contributed by atoms with E-state index in [0.29, 0.717) is 23.1 Å². The molecule has 0 aliphatic rings. The molecule has 0 saturated carbocycles. The summed E-state index contributed by atoms with van der Waals surface area (Å²) in [6.07, 6.45) is 3.15. The van der Waals surface area contributed by atoms with Crippen LogP contribution in [0.4, 0.5) is 0 Å². The summed E-state index contributed by atoms with van der Waals surface area (Å²) in [6.45, 7) is 0.395. The van der Waals surface area contributed by atoms with Gasteiger partial charge in [-0.3, -0.25) is 4.79 Å². The van der Waals surface area contributed by atoms with Gasteiger partial charge in [0.2, 0.25) is 5.91 Å². The van der Waals surface area contributed by atoms with Crippen LogP contribution in [0.25, 0.3) is 6.08 Å². The molecule has 0 bridgehead atoms. The molecule has 120 valence electrons. The number of carbonyl (C=O) groups is 1. The first-order valence-corrected chi connectivity index (χ1v) is 7.43. The Kier molecular flexibility index (Phi) is 6.06. The molecule has 0 radical (unpaired) electrons. The quantitative estimate of drug-likeness (QED) is 0.821. The second-order valence-corrected chi connectivity index (χ2v) is 5.17. The molecule has 0 saturated heterocycles. The summed E-state index contributed by atoms with van der Waals surface area (Å²) in [6, 6.07) is 12.9. The highest BCUT2D eigenvalue weighted by Gasteiger charge is 2.05. The summed E-state index contributed by atoms with van der Waals surface area (Å²) in [4.78, 5) is 11.9. The fourth-order valence-corrected chi connectivity index (χ4v) is 2.21. The molecule has 0 heterocycles. The summed E-state index contributed by atoms with van der Waals surface area (Å²) in [5.74, 6) is 1.09. The minimum Gasteiger partial charge on any atom is -0.493 e. The van der Waals surface area contributed by atoms with Crippen molar-refractivity contribution in [3.63, 3.8) is 0 Å². The van der Waals surface area contributed by atoms with Crippen molar-refractivity contribution in [1.29, 1.82) is 0 Å². The number of nitrogens with one attached hydrogen (secondary N) is 1.